The molecule has 1 aromatic carbocycles. The molecule has 3 aliphatic heterocycles. The number of amidine groups is 1. The van der Waals surface area contributed by atoms with E-state index in [0.29, 0.717) is 24.4 Å². The van der Waals surface area contributed by atoms with Gasteiger partial charge in [0.1, 0.15) is 5.75 Å². The van der Waals surface area contributed by atoms with Gasteiger partial charge in [-0.05, 0) is 38.2 Å². The molecule has 0 radical (unpaired) electrons. The van der Waals surface area contributed by atoms with Crippen LogP contribution in [0.15, 0.2) is 51.6 Å². The van der Waals surface area contributed by atoms with Crippen LogP contribution >= 0.6 is 11.8 Å². The van der Waals surface area contributed by atoms with E-state index in [1.807, 2.05) is 0 Å². The van der Waals surface area contributed by atoms with Crippen molar-refractivity contribution in [3.8, 4) is 5.75 Å². The number of thioether (sulfide) groups is 1. The molecule has 1 saturated heterocycles. The number of aliphatic imine (C=N–C) groups is 1. The first-order valence-corrected chi connectivity index (χ1v) is 12.7. The van der Waals surface area contributed by atoms with Gasteiger partial charge in [-0.25, -0.2) is 9.79 Å². The maximum atomic E-state index is 14.2. The van der Waals surface area contributed by atoms with Crippen molar-refractivity contribution >= 4 is 28.8 Å². The fourth-order valence-electron chi connectivity index (χ4n) is 4.40. The van der Waals surface area contributed by atoms with Crippen LogP contribution in [0.3, 0.4) is 0 Å². The van der Waals surface area contributed by atoms with Gasteiger partial charge in [0.15, 0.2) is 10.9 Å². The number of alkyl halides is 3. The number of fused-ring (bicyclic) bond motifs is 1. The molecule has 4 rings (SSSR count). The van der Waals surface area contributed by atoms with E-state index in [4.69, 9.17) is 14.2 Å². The number of hydrogen-bond donors (Lipinski definition) is 1. The van der Waals surface area contributed by atoms with Crippen LogP contribution in [0, 0.1) is 0 Å². The third-order valence-electron chi connectivity index (χ3n) is 5.97. The molecular formula is C25H28F3N3O5S. The zero-order valence-corrected chi connectivity index (χ0v) is 21.4. The summed E-state index contributed by atoms with van der Waals surface area (Å²) in [6, 6.07) is 5.22. The van der Waals surface area contributed by atoms with E-state index in [-0.39, 0.29) is 29.3 Å². The average molecular weight is 540 g/mol. The summed E-state index contributed by atoms with van der Waals surface area (Å²) in [6.45, 7) is 4.10. The van der Waals surface area contributed by atoms with Crippen LogP contribution in [0.2, 0.25) is 0 Å². The first kappa shape index (κ1) is 27.1. The maximum absolute atomic E-state index is 14.2. The number of carbonyl (C=O) groups is 2. The van der Waals surface area contributed by atoms with Gasteiger partial charge in [0.2, 0.25) is 5.91 Å². The summed E-state index contributed by atoms with van der Waals surface area (Å²) in [4.78, 5) is 31.3. The number of ether oxygens (including phenoxy) is 3. The number of halogens is 3. The van der Waals surface area contributed by atoms with Gasteiger partial charge in [0.05, 0.1) is 37.4 Å². The zero-order valence-electron chi connectivity index (χ0n) is 20.6. The van der Waals surface area contributed by atoms with Crippen molar-refractivity contribution in [1.29, 1.82) is 0 Å². The molecule has 1 N–H and O–H groups in total. The lowest BCUT2D eigenvalue weighted by Crippen LogP contribution is -2.41. The van der Waals surface area contributed by atoms with Gasteiger partial charge in [0, 0.05) is 24.4 Å². The molecular weight excluding hydrogens is 511 g/mol. The second kappa shape index (κ2) is 11.2. The van der Waals surface area contributed by atoms with E-state index >= 15 is 0 Å². The minimum atomic E-state index is -4.92. The van der Waals surface area contributed by atoms with Crippen molar-refractivity contribution < 1.29 is 37.0 Å². The number of methoxy groups -OCH3 is 1. The fraction of sp³-hybridized carbons (Fsp3) is 0.480. The lowest BCUT2D eigenvalue weighted by Gasteiger charge is -2.37. The first-order valence-electron chi connectivity index (χ1n) is 11.9. The molecule has 0 bridgehead atoms. The first-order chi connectivity index (χ1) is 17.6. The van der Waals surface area contributed by atoms with Crippen LogP contribution in [-0.2, 0) is 19.1 Å². The van der Waals surface area contributed by atoms with E-state index in [0.717, 1.165) is 24.6 Å². The molecule has 3 heterocycles. The second-order valence-corrected chi connectivity index (χ2v) is 9.80. The lowest BCUT2D eigenvalue weighted by atomic mass is 9.92. The highest BCUT2D eigenvalue weighted by molar-refractivity contribution is 8.16. The van der Waals surface area contributed by atoms with Gasteiger partial charge in [-0.15, -0.1) is 0 Å². The summed E-state index contributed by atoms with van der Waals surface area (Å²) in [6.07, 6.45) is -3.99. The van der Waals surface area contributed by atoms with Gasteiger partial charge in [0.25, 0.3) is 0 Å². The van der Waals surface area contributed by atoms with Crippen molar-refractivity contribution in [3.05, 3.63) is 52.2 Å². The van der Waals surface area contributed by atoms with Gasteiger partial charge in [-0.2, -0.15) is 13.2 Å². The number of esters is 1. The van der Waals surface area contributed by atoms with Crippen molar-refractivity contribution in [2.45, 2.75) is 57.5 Å². The van der Waals surface area contributed by atoms with Crippen LogP contribution < -0.4 is 10.1 Å². The molecule has 37 heavy (non-hydrogen) atoms. The van der Waals surface area contributed by atoms with Gasteiger partial charge < -0.3 is 24.4 Å². The smallest absolute Gasteiger partial charge is 0.434 e. The van der Waals surface area contributed by atoms with Crippen LogP contribution in [0.4, 0.5) is 13.2 Å². The number of carbonyl (C=O) groups excluding carboxylic acids is 2. The summed E-state index contributed by atoms with van der Waals surface area (Å²) >= 11 is 0.961. The molecule has 8 nitrogen and oxygen atoms in total. The number of nitrogens with one attached hydrogen (secondary N) is 1. The van der Waals surface area contributed by atoms with E-state index < -0.39 is 35.6 Å². The van der Waals surface area contributed by atoms with E-state index in [9.17, 15) is 22.8 Å². The molecule has 1 amide bonds. The Balaban J connectivity index is 1.74. The highest BCUT2D eigenvalue weighted by Crippen LogP contribution is 2.49. The molecule has 0 saturated carbocycles. The molecule has 12 heteroatoms. The van der Waals surface area contributed by atoms with Crippen molar-refractivity contribution in [2.75, 3.05) is 20.3 Å². The summed E-state index contributed by atoms with van der Waals surface area (Å²) in [5.74, 6) is -1.18. The van der Waals surface area contributed by atoms with Gasteiger partial charge in [-0.3, -0.25) is 4.79 Å². The Morgan fingerprint density at radius 1 is 1.30 bits per heavy atom. The lowest BCUT2D eigenvalue weighted by molar-refractivity contribution is -0.145. The SMILES string of the molecule is COc1ccccc1[C@@H]1C(C(=O)OC(C)C)=C(C(F)(F)F)N=C2SC=C(CC(=O)NC[C@@H]3CCCO3)N21. The number of hydrogen-bond acceptors (Lipinski definition) is 8. The zero-order chi connectivity index (χ0) is 26.7. The molecule has 200 valence electrons. The standard InChI is InChI=1S/C25H28F3N3O5S/c1-14(2)36-23(33)20-21(17-8-4-5-9-18(17)34-3)31-15(11-19(32)29-12-16-7-6-10-35-16)13-37-24(31)30-22(20)25(26,27)28/h4-5,8-9,13-14,16,21H,6-7,10-12H2,1-3H3,(H,29,32)/t16-,21+/m0/s1. The summed E-state index contributed by atoms with van der Waals surface area (Å²) in [7, 11) is 1.39. The molecule has 2 atom stereocenters. The summed E-state index contributed by atoms with van der Waals surface area (Å²) in [5.41, 5.74) is -1.28. The highest BCUT2D eigenvalue weighted by atomic mass is 32.2. The Hall–Kier alpha value is -2.99. The Bertz CT molecular complexity index is 1140. The maximum Gasteiger partial charge on any atom is 0.434 e. The van der Waals surface area contributed by atoms with Crippen LogP contribution in [0.25, 0.3) is 0 Å². The monoisotopic (exact) mass is 539 g/mol. The minimum Gasteiger partial charge on any atom is -0.496 e. The quantitative estimate of drug-likeness (QED) is 0.489. The summed E-state index contributed by atoms with van der Waals surface area (Å²) in [5, 5.41) is 4.42. The Kier molecular flexibility index (Phi) is 8.17. The third-order valence-corrected chi connectivity index (χ3v) is 6.86. The molecule has 1 fully saturated rings. The molecule has 0 unspecified atom stereocenters. The molecule has 3 aliphatic rings. The molecule has 0 aromatic heterocycles. The van der Waals surface area contributed by atoms with Crippen LogP contribution in [-0.4, -0.2) is 60.6 Å². The summed E-state index contributed by atoms with van der Waals surface area (Å²) < 4.78 is 59.0. The van der Waals surface area contributed by atoms with Crippen molar-refractivity contribution in [1.82, 2.24) is 10.2 Å². The number of benzene rings is 1. The Morgan fingerprint density at radius 3 is 2.70 bits per heavy atom. The minimum absolute atomic E-state index is 0.00579. The van der Waals surface area contributed by atoms with Gasteiger partial charge >= 0.3 is 12.1 Å². The van der Waals surface area contributed by atoms with E-state index in [2.05, 4.69) is 10.3 Å². The van der Waals surface area contributed by atoms with E-state index in [1.54, 1.807) is 43.5 Å². The fourth-order valence-corrected chi connectivity index (χ4v) is 5.32. The highest BCUT2D eigenvalue weighted by Gasteiger charge is 2.50. The van der Waals surface area contributed by atoms with Crippen molar-refractivity contribution in [2.24, 2.45) is 4.99 Å². The predicted molar refractivity (Wildman–Crippen MR) is 132 cm³/mol. The number of amides is 1. The largest absolute Gasteiger partial charge is 0.496 e. The predicted octanol–water partition coefficient (Wildman–Crippen LogP) is 4.45. The average Bonchev–Trinajstić information content (AvgIpc) is 3.51. The van der Waals surface area contributed by atoms with E-state index in [1.165, 1.54) is 12.0 Å². The third kappa shape index (κ3) is 5.96. The number of nitrogens with zero attached hydrogens (tertiary/aromatic N) is 2. The number of allylic oxidation sites excluding steroid dienone is 1. The Morgan fingerprint density at radius 2 is 2.05 bits per heavy atom. The van der Waals surface area contributed by atoms with Gasteiger partial charge in [-0.1, -0.05) is 30.0 Å². The Labute approximate surface area is 216 Å². The topological polar surface area (TPSA) is 89.5 Å². The van der Waals surface area contributed by atoms with Crippen LogP contribution in [0.1, 0.15) is 44.7 Å². The van der Waals surface area contributed by atoms with Crippen molar-refractivity contribution in [3.63, 3.8) is 0 Å². The normalized spacial score (nSPS) is 21.5. The number of rotatable bonds is 8. The number of para-hydroxylation sites is 1. The molecule has 0 spiro atoms. The molecule has 0 aliphatic carbocycles. The second-order valence-electron chi connectivity index (χ2n) is 8.97. The van der Waals surface area contributed by atoms with Crippen LogP contribution in [0.5, 0.6) is 5.75 Å². The molecule has 1 aromatic rings.